The van der Waals surface area contributed by atoms with E-state index in [1.165, 1.54) is 12.1 Å². The van der Waals surface area contributed by atoms with Gasteiger partial charge in [0.1, 0.15) is 0 Å². The molecule has 2 heterocycles. The third-order valence-electron chi connectivity index (χ3n) is 3.93. The number of H-pyrrole nitrogens is 1. The Morgan fingerprint density at radius 2 is 1.96 bits per heavy atom. The zero-order valence-electron chi connectivity index (χ0n) is 12.2. The minimum absolute atomic E-state index is 0.155. The Bertz CT molecular complexity index is 1150. The van der Waals surface area contributed by atoms with Gasteiger partial charge in [0, 0.05) is 11.5 Å². The van der Waals surface area contributed by atoms with Crippen LogP contribution in [-0.2, 0) is 6.54 Å². The molecule has 0 unspecified atom stereocenters. The molecule has 4 nitrogen and oxygen atoms in total. The number of aromatic amines is 1. The van der Waals surface area contributed by atoms with E-state index < -0.39 is 17.2 Å². The molecule has 0 spiro atoms. The fourth-order valence-electron chi connectivity index (χ4n) is 2.83. The number of fused-ring (bicyclic) bond motifs is 2. The molecule has 0 aliphatic heterocycles. The van der Waals surface area contributed by atoms with Crippen molar-refractivity contribution in [1.82, 2.24) is 14.5 Å². The SMILES string of the molecule is O=c1cc(Cn2c(Cl)nc3ccccc32)c2ccc(F)c(F)c2[nH]1. The summed E-state index contributed by atoms with van der Waals surface area (Å²) in [6, 6.07) is 11.2. The number of nitrogens with one attached hydrogen (secondary N) is 1. The van der Waals surface area contributed by atoms with Crippen LogP contribution in [0.5, 0.6) is 0 Å². The van der Waals surface area contributed by atoms with Gasteiger partial charge in [-0.05, 0) is 41.4 Å². The van der Waals surface area contributed by atoms with Crippen molar-refractivity contribution in [3.8, 4) is 0 Å². The van der Waals surface area contributed by atoms with E-state index in [1.807, 2.05) is 24.3 Å². The first-order valence-corrected chi connectivity index (χ1v) is 7.53. The standard InChI is InChI=1S/C17H10ClF2N3O/c18-17-21-12-3-1-2-4-13(12)23(17)8-9-7-14(24)22-16-10(9)5-6-11(19)15(16)20/h1-7H,8H2,(H,22,24). The quantitative estimate of drug-likeness (QED) is 0.600. The molecular formula is C17H10ClF2N3O. The molecule has 0 aliphatic rings. The summed E-state index contributed by atoms with van der Waals surface area (Å²) in [6.45, 7) is 0.213. The van der Waals surface area contributed by atoms with E-state index in [0.29, 0.717) is 16.5 Å². The number of nitrogens with zero attached hydrogens (tertiary/aromatic N) is 2. The number of halogens is 3. The first-order valence-electron chi connectivity index (χ1n) is 7.15. The number of benzene rings is 2. The first-order chi connectivity index (χ1) is 11.5. The summed E-state index contributed by atoms with van der Waals surface area (Å²) < 4.78 is 29.1. The minimum Gasteiger partial charge on any atom is -0.319 e. The van der Waals surface area contributed by atoms with Gasteiger partial charge >= 0.3 is 0 Å². The van der Waals surface area contributed by atoms with Gasteiger partial charge in [-0.2, -0.15) is 0 Å². The van der Waals surface area contributed by atoms with E-state index >= 15 is 0 Å². The van der Waals surface area contributed by atoms with Gasteiger partial charge in [0.25, 0.3) is 0 Å². The number of pyridine rings is 1. The molecule has 24 heavy (non-hydrogen) atoms. The van der Waals surface area contributed by atoms with E-state index in [9.17, 15) is 13.6 Å². The largest absolute Gasteiger partial charge is 0.319 e. The molecule has 0 saturated heterocycles. The highest BCUT2D eigenvalue weighted by molar-refractivity contribution is 6.29. The predicted molar refractivity (Wildman–Crippen MR) is 88.3 cm³/mol. The van der Waals surface area contributed by atoms with E-state index in [2.05, 4.69) is 9.97 Å². The van der Waals surface area contributed by atoms with Gasteiger partial charge in [-0.3, -0.25) is 4.79 Å². The molecule has 1 N–H and O–H groups in total. The molecule has 4 rings (SSSR count). The van der Waals surface area contributed by atoms with E-state index in [4.69, 9.17) is 11.6 Å². The van der Waals surface area contributed by atoms with Crippen LogP contribution in [0.3, 0.4) is 0 Å². The van der Waals surface area contributed by atoms with Gasteiger partial charge in [0.15, 0.2) is 11.6 Å². The Labute approximate surface area is 139 Å². The van der Waals surface area contributed by atoms with Gasteiger partial charge in [-0.25, -0.2) is 13.8 Å². The summed E-state index contributed by atoms with van der Waals surface area (Å²) in [4.78, 5) is 18.4. The van der Waals surface area contributed by atoms with Crippen molar-refractivity contribution >= 4 is 33.5 Å². The maximum atomic E-state index is 14.0. The number of rotatable bonds is 2. The van der Waals surface area contributed by atoms with Crippen LogP contribution in [-0.4, -0.2) is 14.5 Å². The molecule has 0 fully saturated rings. The van der Waals surface area contributed by atoms with Crippen molar-refractivity contribution in [3.63, 3.8) is 0 Å². The average Bonchev–Trinajstić information content (AvgIpc) is 2.87. The zero-order valence-corrected chi connectivity index (χ0v) is 12.9. The fraction of sp³-hybridized carbons (Fsp3) is 0.0588. The van der Waals surface area contributed by atoms with Crippen molar-refractivity contribution in [2.75, 3.05) is 0 Å². The number of para-hydroxylation sites is 2. The van der Waals surface area contributed by atoms with E-state index in [-0.39, 0.29) is 17.3 Å². The smallest absolute Gasteiger partial charge is 0.248 e. The lowest BCUT2D eigenvalue weighted by Crippen LogP contribution is -2.11. The summed E-state index contributed by atoms with van der Waals surface area (Å²) in [5.41, 5.74) is 1.37. The molecule has 0 atom stereocenters. The summed E-state index contributed by atoms with van der Waals surface area (Å²) in [7, 11) is 0. The maximum absolute atomic E-state index is 14.0. The van der Waals surface area contributed by atoms with Crippen molar-refractivity contribution < 1.29 is 8.78 Å². The van der Waals surface area contributed by atoms with Crippen LogP contribution in [0.1, 0.15) is 5.56 Å². The lowest BCUT2D eigenvalue weighted by atomic mass is 10.1. The maximum Gasteiger partial charge on any atom is 0.248 e. The Morgan fingerprint density at radius 1 is 1.17 bits per heavy atom. The molecular weight excluding hydrogens is 336 g/mol. The number of hydrogen-bond acceptors (Lipinski definition) is 2. The van der Waals surface area contributed by atoms with Crippen LogP contribution < -0.4 is 5.56 Å². The molecule has 0 bridgehead atoms. The van der Waals surface area contributed by atoms with Crippen LogP contribution in [0.15, 0.2) is 47.3 Å². The summed E-state index contributed by atoms with van der Waals surface area (Å²) in [5, 5.41) is 0.676. The normalized spacial score (nSPS) is 11.5. The average molecular weight is 346 g/mol. The molecule has 0 saturated carbocycles. The molecule has 120 valence electrons. The Kier molecular flexibility index (Phi) is 3.35. The topological polar surface area (TPSA) is 50.7 Å². The molecule has 0 radical (unpaired) electrons. The lowest BCUT2D eigenvalue weighted by Gasteiger charge is -2.10. The zero-order chi connectivity index (χ0) is 16.8. The van der Waals surface area contributed by atoms with E-state index in [0.717, 1.165) is 11.6 Å². The van der Waals surface area contributed by atoms with Crippen LogP contribution in [0.4, 0.5) is 8.78 Å². The third-order valence-corrected chi connectivity index (χ3v) is 4.22. The van der Waals surface area contributed by atoms with Crippen LogP contribution in [0.25, 0.3) is 21.9 Å². The minimum atomic E-state index is -1.08. The summed E-state index contributed by atoms with van der Waals surface area (Å²) >= 11 is 6.20. The molecule has 0 amide bonds. The van der Waals surface area contributed by atoms with Crippen LogP contribution in [0.2, 0.25) is 5.28 Å². The van der Waals surface area contributed by atoms with Crippen molar-refractivity contribution in [3.05, 3.63) is 75.3 Å². The first kappa shape index (κ1) is 14.8. The Morgan fingerprint density at radius 3 is 2.79 bits per heavy atom. The van der Waals surface area contributed by atoms with Gasteiger partial charge in [-0.1, -0.05) is 12.1 Å². The summed E-state index contributed by atoms with van der Waals surface area (Å²) in [6.07, 6.45) is 0. The monoisotopic (exact) mass is 345 g/mol. The van der Waals surface area contributed by atoms with Crippen molar-refractivity contribution in [2.24, 2.45) is 0 Å². The molecule has 2 aromatic carbocycles. The molecule has 2 aromatic heterocycles. The number of aromatic nitrogens is 3. The van der Waals surface area contributed by atoms with Crippen molar-refractivity contribution in [2.45, 2.75) is 6.54 Å². The Hall–Kier alpha value is -2.73. The second-order valence-corrected chi connectivity index (χ2v) is 5.74. The predicted octanol–water partition coefficient (Wildman–Crippen LogP) is 3.86. The number of hydrogen-bond donors (Lipinski definition) is 1. The second-order valence-electron chi connectivity index (χ2n) is 5.40. The second kappa shape index (κ2) is 5.42. The highest BCUT2D eigenvalue weighted by Crippen LogP contribution is 2.25. The van der Waals surface area contributed by atoms with Crippen molar-refractivity contribution in [1.29, 1.82) is 0 Å². The fourth-order valence-corrected chi connectivity index (χ4v) is 3.08. The highest BCUT2D eigenvalue weighted by Gasteiger charge is 2.14. The van der Waals surface area contributed by atoms with Gasteiger partial charge in [0.2, 0.25) is 10.8 Å². The summed E-state index contributed by atoms with van der Waals surface area (Å²) in [5.74, 6) is -2.09. The van der Waals surface area contributed by atoms with Gasteiger partial charge in [-0.15, -0.1) is 0 Å². The Balaban J connectivity index is 1.95. The molecule has 4 aromatic rings. The third kappa shape index (κ3) is 2.27. The highest BCUT2D eigenvalue weighted by atomic mass is 35.5. The van der Waals surface area contributed by atoms with Crippen LogP contribution >= 0.6 is 11.6 Å². The van der Waals surface area contributed by atoms with Gasteiger partial charge in [0.05, 0.1) is 23.1 Å². The molecule has 0 aliphatic carbocycles. The van der Waals surface area contributed by atoms with Crippen LogP contribution in [0, 0.1) is 11.6 Å². The number of imidazole rings is 1. The van der Waals surface area contributed by atoms with Gasteiger partial charge < -0.3 is 9.55 Å². The molecule has 7 heteroatoms. The van der Waals surface area contributed by atoms with E-state index in [1.54, 1.807) is 4.57 Å². The lowest BCUT2D eigenvalue weighted by molar-refractivity contribution is 0.515.